The fourth-order valence-corrected chi connectivity index (χ4v) is 4.42. The lowest BCUT2D eigenvalue weighted by Crippen LogP contribution is -2.48. The van der Waals surface area contributed by atoms with Gasteiger partial charge in [0.1, 0.15) is 11.9 Å². The molecule has 3 rings (SSSR count). The number of methoxy groups -OCH3 is 2. The molecule has 9 heteroatoms. The first-order chi connectivity index (χ1) is 16.9. The number of nitrogens with one attached hydrogen (secondary N) is 1. The fraction of sp³-hybridized carbons (Fsp3) is 0.462. The van der Waals surface area contributed by atoms with Crippen LogP contribution < -0.4 is 19.7 Å². The zero-order valence-corrected chi connectivity index (χ0v) is 20.5. The summed E-state index contributed by atoms with van der Waals surface area (Å²) in [5.74, 6) is -0.299. The summed E-state index contributed by atoms with van der Waals surface area (Å²) in [6, 6.07) is 11.5. The summed E-state index contributed by atoms with van der Waals surface area (Å²) < 4.78 is 16.2. The van der Waals surface area contributed by atoms with Crippen LogP contribution in [0.4, 0.5) is 0 Å². The van der Waals surface area contributed by atoms with Crippen LogP contribution in [-0.2, 0) is 29.0 Å². The van der Waals surface area contributed by atoms with Crippen LogP contribution in [0, 0.1) is 5.92 Å². The van der Waals surface area contributed by atoms with Crippen molar-refractivity contribution in [2.24, 2.45) is 5.92 Å². The Kier molecular flexibility index (Phi) is 9.33. The molecule has 0 bridgehead atoms. The molecule has 1 aliphatic heterocycles. The van der Waals surface area contributed by atoms with E-state index in [1.165, 1.54) is 5.48 Å². The van der Waals surface area contributed by atoms with Gasteiger partial charge in [0.05, 0.1) is 26.7 Å². The van der Waals surface area contributed by atoms with E-state index < -0.39 is 17.9 Å². The molecule has 3 N–H and O–H groups in total. The maximum absolute atomic E-state index is 13.4. The Morgan fingerprint density at radius 1 is 1.09 bits per heavy atom. The first-order valence-electron chi connectivity index (χ1n) is 11.8. The molecule has 0 saturated carbocycles. The average Bonchev–Trinajstić information content (AvgIpc) is 2.89. The molecule has 2 atom stereocenters. The van der Waals surface area contributed by atoms with Crippen molar-refractivity contribution in [3.63, 3.8) is 0 Å². The standard InChI is InChI=1S/C26H34N2O7/c1-4-35-20-10-8-17(9-11-20)6-5-7-21(24(29)25(30)27-32)26(31)28-13-12-18-14-22(33-2)23(34-3)15-19(18)16-28/h8-11,14-15,21,24,29,32H,4-7,12-13,16H2,1-3H3,(H,27,30)/t21-,24+/m1/s1. The fourth-order valence-electron chi connectivity index (χ4n) is 4.42. The van der Waals surface area contributed by atoms with E-state index in [9.17, 15) is 14.7 Å². The van der Waals surface area contributed by atoms with Crippen molar-refractivity contribution >= 4 is 11.8 Å². The minimum absolute atomic E-state index is 0.288. The molecule has 2 amide bonds. The number of ether oxygens (including phenoxy) is 3. The van der Waals surface area contributed by atoms with E-state index in [0.717, 1.165) is 22.4 Å². The molecule has 2 aromatic rings. The number of aliphatic hydroxyl groups excluding tert-OH is 1. The Labute approximate surface area is 205 Å². The summed E-state index contributed by atoms with van der Waals surface area (Å²) in [6.45, 7) is 3.30. The van der Waals surface area contributed by atoms with Crippen molar-refractivity contribution in [1.29, 1.82) is 0 Å². The van der Waals surface area contributed by atoms with Crippen LogP contribution in [0.3, 0.4) is 0 Å². The summed E-state index contributed by atoms with van der Waals surface area (Å²) in [6.07, 6.45) is 0.497. The third-order valence-electron chi connectivity index (χ3n) is 6.32. The second-order valence-corrected chi connectivity index (χ2v) is 8.48. The number of hydrogen-bond acceptors (Lipinski definition) is 7. The Morgan fingerprint density at radius 3 is 2.34 bits per heavy atom. The molecule has 0 unspecified atom stereocenters. The highest BCUT2D eigenvalue weighted by Crippen LogP contribution is 2.34. The van der Waals surface area contributed by atoms with Gasteiger partial charge in [-0.15, -0.1) is 0 Å². The second-order valence-electron chi connectivity index (χ2n) is 8.48. The van der Waals surface area contributed by atoms with Gasteiger partial charge in [-0.3, -0.25) is 14.8 Å². The molecule has 190 valence electrons. The largest absolute Gasteiger partial charge is 0.494 e. The highest BCUT2D eigenvalue weighted by atomic mass is 16.5. The number of amides is 2. The Hall–Kier alpha value is -3.30. The van der Waals surface area contributed by atoms with Crippen molar-refractivity contribution in [2.45, 2.75) is 45.3 Å². The lowest BCUT2D eigenvalue weighted by molar-refractivity contribution is -0.151. The molecular weight excluding hydrogens is 452 g/mol. The van der Waals surface area contributed by atoms with Crippen LogP contribution in [0.1, 0.15) is 36.5 Å². The van der Waals surface area contributed by atoms with Crippen LogP contribution >= 0.6 is 0 Å². The van der Waals surface area contributed by atoms with Gasteiger partial charge in [-0.2, -0.15) is 0 Å². The van der Waals surface area contributed by atoms with E-state index in [-0.39, 0.29) is 12.3 Å². The van der Waals surface area contributed by atoms with Gasteiger partial charge in [0.25, 0.3) is 5.91 Å². The van der Waals surface area contributed by atoms with Gasteiger partial charge in [0.15, 0.2) is 11.5 Å². The maximum Gasteiger partial charge on any atom is 0.272 e. The summed E-state index contributed by atoms with van der Waals surface area (Å²) >= 11 is 0. The summed E-state index contributed by atoms with van der Waals surface area (Å²) in [5.41, 5.74) is 4.52. The third kappa shape index (κ3) is 6.43. The number of aliphatic hydroxyl groups is 1. The highest BCUT2D eigenvalue weighted by molar-refractivity contribution is 5.88. The van der Waals surface area contributed by atoms with Crippen LogP contribution in [-0.4, -0.2) is 60.5 Å². The number of fused-ring (bicyclic) bond motifs is 1. The number of carbonyl (C=O) groups is 2. The molecule has 0 saturated heterocycles. The van der Waals surface area contributed by atoms with Crippen LogP contribution in [0.2, 0.25) is 0 Å². The van der Waals surface area contributed by atoms with Gasteiger partial charge < -0.3 is 24.2 Å². The lowest BCUT2D eigenvalue weighted by atomic mass is 9.91. The van der Waals surface area contributed by atoms with Crippen molar-refractivity contribution in [3.8, 4) is 17.2 Å². The number of nitrogens with zero attached hydrogens (tertiary/aromatic N) is 1. The first-order valence-corrected chi connectivity index (χ1v) is 11.8. The molecule has 0 aromatic heterocycles. The van der Waals surface area contributed by atoms with Gasteiger partial charge in [-0.25, -0.2) is 5.48 Å². The van der Waals surface area contributed by atoms with Gasteiger partial charge in [0.2, 0.25) is 5.91 Å². The molecule has 2 aromatic carbocycles. The highest BCUT2D eigenvalue weighted by Gasteiger charge is 2.36. The van der Waals surface area contributed by atoms with Crippen molar-refractivity contribution in [1.82, 2.24) is 10.4 Å². The quantitative estimate of drug-likeness (QED) is 0.330. The molecule has 0 radical (unpaired) electrons. The minimum atomic E-state index is -1.65. The Balaban J connectivity index is 1.71. The van der Waals surface area contributed by atoms with E-state index in [1.807, 2.05) is 43.3 Å². The maximum atomic E-state index is 13.4. The first kappa shape index (κ1) is 26.3. The number of aryl methyl sites for hydroxylation is 1. The third-order valence-corrected chi connectivity index (χ3v) is 6.32. The van der Waals surface area contributed by atoms with Gasteiger partial charge >= 0.3 is 0 Å². The van der Waals surface area contributed by atoms with Crippen molar-refractivity contribution < 1.29 is 34.1 Å². The van der Waals surface area contributed by atoms with Crippen LogP contribution in [0.25, 0.3) is 0 Å². The van der Waals surface area contributed by atoms with Crippen molar-refractivity contribution in [3.05, 3.63) is 53.1 Å². The molecule has 1 heterocycles. The van der Waals surface area contributed by atoms with Crippen LogP contribution in [0.5, 0.6) is 17.2 Å². The van der Waals surface area contributed by atoms with E-state index in [2.05, 4.69) is 0 Å². The van der Waals surface area contributed by atoms with Gasteiger partial charge in [-0.05, 0) is 73.6 Å². The molecule has 9 nitrogen and oxygen atoms in total. The number of hydroxylamine groups is 1. The van der Waals surface area contributed by atoms with E-state index in [0.29, 0.717) is 50.5 Å². The van der Waals surface area contributed by atoms with Crippen LogP contribution in [0.15, 0.2) is 36.4 Å². The Morgan fingerprint density at radius 2 is 1.74 bits per heavy atom. The zero-order valence-electron chi connectivity index (χ0n) is 20.5. The topological polar surface area (TPSA) is 118 Å². The molecule has 0 aliphatic carbocycles. The molecule has 0 spiro atoms. The monoisotopic (exact) mass is 486 g/mol. The normalized spacial score (nSPS) is 14.5. The SMILES string of the molecule is CCOc1ccc(CCC[C@@H](C(=O)N2CCc3cc(OC)c(OC)cc3C2)[C@H](O)C(=O)NO)cc1. The molecule has 1 aliphatic rings. The summed E-state index contributed by atoms with van der Waals surface area (Å²) in [5, 5.41) is 19.6. The van der Waals surface area contributed by atoms with Gasteiger partial charge in [0, 0.05) is 13.1 Å². The Bertz CT molecular complexity index is 1010. The number of rotatable bonds is 11. The van der Waals surface area contributed by atoms with E-state index in [4.69, 9.17) is 19.4 Å². The summed E-state index contributed by atoms with van der Waals surface area (Å²) in [4.78, 5) is 27.1. The summed E-state index contributed by atoms with van der Waals surface area (Å²) in [7, 11) is 3.13. The van der Waals surface area contributed by atoms with E-state index in [1.54, 1.807) is 19.1 Å². The number of hydrogen-bond donors (Lipinski definition) is 3. The van der Waals surface area contributed by atoms with E-state index >= 15 is 0 Å². The molecule has 35 heavy (non-hydrogen) atoms. The second kappa shape index (κ2) is 12.4. The van der Waals surface area contributed by atoms with Gasteiger partial charge in [-0.1, -0.05) is 12.1 Å². The van der Waals surface area contributed by atoms with Crippen molar-refractivity contribution in [2.75, 3.05) is 27.4 Å². The zero-order chi connectivity index (χ0) is 25.4. The minimum Gasteiger partial charge on any atom is -0.494 e. The number of carbonyl (C=O) groups excluding carboxylic acids is 2. The number of benzene rings is 2. The predicted molar refractivity (Wildman–Crippen MR) is 129 cm³/mol. The molecular formula is C26H34N2O7. The average molecular weight is 487 g/mol. The lowest BCUT2D eigenvalue weighted by Gasteiger charge is -2.33. The molecule has 0 fully saturated rings. The smallest absolute Gasteiger partial charge is 0.272 e. The predicted octanol–water partition coefficient (Wildman–Crippen LogP) is 2.49.